The molecule has 212 valence electrons. The van der Waals surface area contributed by atoms with Crippen LogP contribution in [0.2, 0.25) is 0 Å². The number of likely N-dealkylation sites (tertiary alicyclic amines) is 1. The Kier molecular flexibility index (Phi) is 6.54. The van der Waals surface area contributed by atoms with Gasteiger partial charge in [-0.2, -0.15) is 0 Å². The van der Waals surface area contributed by atoms with Gasteiger partial charge in [-0.15, -0.1) is 0 Å². The molecule has 6 rings (SSSR count). The molecule has 2 aliphatic rings. The summed E-state index contributed by atoms with van der Waals surface area (Å²) in [6, 6.07) is 16.0. The predicted octanol–water partition coefficient (Wildman–Crippen LogP) is 4.29. The first-order chi connectivity index (χ1) is 19.3. The summed E-state index contributed by atoms with van der Waals surface area (Å²) in [5.41, 5.74) is 3.02. The van der Waals surface area contributed by atoms with E-state index in [1.165, 1.54) is 3.97 Å². The van der Waals surface area contributed by atoms with Crippen molar-refractivity contribution in [3.8, 4) is 11.1 Å². The lowest BCUT2D eigenvalue weighted by Gasteiger charge is -2.34. The third-order valence-corrected chi connectivity index (χ3v) is 10.3. The van der Waals surface area contributed by atoms with Crippen molar-refractivity contribution in [2.45, 2.75) is 50.7 Å². The smallest absolute Gasteiger partial charge is 0.399 e. The van der Waals surface area contributed by atoms with Gasteiger partial charge in [0, 0.05) is 53.4 Å². The van der Waals surface area contributed by atoms with Crippen molar-refractivity contribution in [3.05, 3.63) is 78.1 Å². The molecule has 2 aliphatic heterocycles. The molecule has 0 aliphatic carbocycles. The zero-order chi connectivity index (χ0) is 29.3. The van der Waals surface area contributed by atoms with E-state index in [1.54, 1.807) is 36.7 Å². The highest BCUT2D eigenvalue weighted by Gasteiger charge is 2.52. The van der Waals surface area contributed by atoms with Crippen molar-refractivity contribution in [3.63, 3.8) is 0 Å². The van der Waals surface area contributed by atoms with E-state index in [4.69, 9.17) is 9.31 Å². The fourth-order valence-electron chi connectivity index (χ4n) is 5.36. The lowest BCUT2D eigenvalue weighted by Crippen LogP contribution is -2.47. The van der Waals surface area contributed by atoms with Crippen LogP contribution in [0.1, 0.15) is 43.6 Å². The van der Waals surface area contributed by atoms with Gasteiger partial charge in [-0.25, -0.2) is 17.4 Å². The highest BCUT2D eigenvalue weighted by atomic mass is 32.2. The third kappa shape index (κ3) is 4.72. The molecule has 4 heterocycles. The Labute approximate surface area is 241 Å². The number of aryl methyl sites for hydroxylation is 1. The molecule has 0 bridgehead atoms. The second-order valence-electron chi connectivity index (χ2n) is 12.2. The molecule has 2 saturated heterocycles. The lowest BCUT2D eigenvalue weighted by atomic mass is 9.79. The first-order valence-electron chi connectivity index (χ1n) is 13.8. The number of benzene rings is 2. The zero-order valence-corrected chi connectivity index (χ0v) is 25.0. The Morgan fingerprint density at radius 3 is 2.17 bits per heavy atom. The van der Waals surface area contributed by atoms with Gasteiger partial charge in [0.25, 0.3) is 10.0 Å². The van der Waals surface area contributed by atoms with Crippen molar-refractivity contribution in [2.75, 3.05) is 20.1 Å². The van der Waals surface area contributed by atoms with Crippen LogP contribution in [-0.2, 0) is 19.3 Å². The Bertz CT molecular complexity index is 1740. The Morgan fingerprint density at radius 2 is 1.59 bits per heavy atom. The molecule has 0 amide bonds. The molecular weight excluding hydrogens is 537 g/mol. The first-order valence-corrected chi connectivity index (χ1v) is 15.2. The third-order valence-electron chi connectivity index (χ3n) is 8.65. The van der Waals surface area contributed by atoms with Crippen molar-refractivity contribution in [1.82, 2.24) is 13.9 Å². The maximum absolute atomic E-state index is 13.8. The largest absolute Gasteiger partial charge is 0.496 e. The number of hydrogen-bond acceptors (Lipinski definition) is 7. The number of rotatable bonds is 6. The van der Waals surface area contributed by atoms with Crippen LogP contribution in [0.3, 0.4) is 0 Å². The highest BCUT2D eigenvalue weighted by molar-refractivity contribution is 7.90. The molecule has 4 aromatic rings. The van der Waals surface area contributed by atoms with Gasteiger partial charge in [0.05, 0.1) is 16.1 Å². The van der Waals surface area contributed by atoms with Gasteiger partial charge in [0.2, 0.25) is 0 Å². The van der Waals surface area contributed by atoms with E-state index < -0.39 is 28.3 Å². The van der Waals surface area contributed by atoms with E-state index in [9.17, 15) is 13.2 Å². The minimum absolute atomic E-state index is 0.0130. The molecule has 41 heavy (non-hydrogen) atoms. The number of aromatic nitrogens is 2. The molecule has 0 atom stereocenters. The van der Waals surface area contributed by atoms with E-state index in [-0.39, 0.29) is 16.6 Å². The predicted molar refractivity (Wildman–Crippen MR) is 160 cm³/mol. The second-order valence-corrected chi connectivity index (χ2v) is 14.1. The number of ketones is 1. The summed E-state index contributed by atoms with van der Waals surface area (Å²) in [5, 5.41) is 0.646. The van der Waals surface area contributed by atoms with Gasteiger partial charge in [-0.05, 0) is 65.4 Å². The van der Waals surface area contributed by atoms with Crippen LogP contribution in [0.4, 0.5) is 0 Å². The number of nitrogens with zero attached hydrogens (tertiary/aromatic N) is 3. The van der Waals surface area contributed by atoms with Gasteiger partial charge in [-0.1, -0.05) is 42.0 Å². The molecule has 2 aromatic heterocycles. The van der Waals surface area contributed by atoms with Crippen LogP contribution < -0.4 is 5.46 Å². The molecule has 0 N–H and O–H groups in total. The van der Waals surface area contributed by atoms with Crippen molar-refractivity contribution < 1.29 is 22.5 Å². The van der Waals surface area contributed by atoms with E-state index >= 15 is 0 Å². The Hall–Kier alpha value is -3.31. The fraction of sp³-hybridized carbons (Fsp3) is 0.355. The van der Waals surface area contributed by atoms with Crippen LogP contribution >= 0.6 is 0 Å². The van der Waals surface area contributed by atoms with E-state index in [0.29, 0.717) is 27.6 Å². The molecule has 8 nitrogen and oxygen atoms in total. The summed E-state index contributed by atoms with van der Waals surface area (Å²) in [4.78, 5) is 19.8. The molecule has 0 saturated carbocycles. The van der Waals surface area contributed by atoms with E-state index in [1.807, 2.05) is 72.0 Å². The van der Waals surface area contributed by atoms with Crippen LogP contribution in [0, 0.1) is 12.8 Å². The summed E-state index contributed by atoms with van der Waals surface area (Å²) in [7, 11) is -2.59. The summed E-state index contributed by atoms with van der Waals surface area (Å²) in [6.07, 6.45) is 3.23. The second kappa shape index (κ2) is 9.63. The molecular formula is C31H34BN3O5S. The number of pyridine rings is 1. The molecule has 0 spiro atoms. The minimum atomic E-state index is -3.94. The van der Waals surface area contributed by atoms with E-state index in [2.05, 4.69) is 9.88 Å². The standard InChI is InChI=1S/C31H34BN3O5S/c1-20-7-13-25(14-8-20)41(37,38)35-19-27(21-9-11-22(12-10-21)28(36)23-17-34(6)18-23)26-15-24(16-33-29(26)35)32-39-30(2,3)31(4,5)40-32/h7-16,19,23H,17-18H2,1-6H3. The lowest BCUT2D eigenvalue weighted by molar-refractivity contribution is 0.00578. The quantitative estimate of drug-likeness (QED) is 0.252. The monoisotopic (exact) mass is 571 g/mol. The maximum Gasteiger partial charge on any atom is 0.496 e. The molecule has 10 heteroatoms. The van der Waals surface area contributed by atoms with Gasteiger partial charge >= 0.3 is 7.12 Å². The normalized spacial score (nSPS) is 19.0. The van der Waals surface area contributed by atoms with Crippen molar-refractivity contribution >= 4 is 39.4 Å². The van der Waals surface area contributed by atoms with Crippen LogP contribution in [-0.4, -0.2) is 66.5 Å². The molecule has 0 unspecified atom stereocenters. The van der Waals surface area contributed by atoms with Crippen molar-refractivity contribution in [1.29, 1.82) is 0 Å². The molecule has 2 aromatic carbocycles. The molecule has 2 fully saturated rings. The van der Waals surface area contributed by atoms with Crippen molar-refractivity contribution in [2.24, 2.45) is 5.92 Å². The van der Waals surface area contributed by atoms with Crippen LogP contribution in [0.25, 0.3) is 22.2 Å². The number of carbonyl (C=O) groups excluding carboxylic acids is 1. The summed E-state index contributed by atoms with van der Waals surface area (Å²) in [5.74, 6) is 0.142. The summed E-state index contributed by atoms with van der Waals surface area (Å²) < 4.78 is 41.4. The van der Waals surface area contributed by atoms with Crippen LogP contribution in [0.15, 0.2) is 71.9 Å². The number of Topliss-reactive ketones (excluding diaryl/α,β-unsaturated/α-hetero) is 1. The van der Waals surface area contributed by atoms with E-state index in [0.717, 1.165) is 24.2 Å². The van der Waals surface area contributed by atoms with Gasteiger partial charge < -0.3 is 14.2 Å². The zero-order valence-electron chi connectivity index (χ0n) is 24.2. The fourth-order valence-corrected chi connectivity index (χ4v) is 6.68. The Morgan fingerprint density at radius 1 is 0.976 bits per heavy atom. The highest BCUT2D eigenvalue weighted by Crippen LogP contribution is 2.37. The average Bonchev–Trinajstić information content (AvgIpc) is 3.40. The summed E-state index contributed by atoms with van der Waals surface area (Å²) >= 11 is 0. The Balaban J connectivity index is 1.46. The maximum atomic E-state index is 13.8. The van der Waals surface area contributed by atoms with Gasteiger partial charge in [0.1, 0.15) is 0 Å². The number of carbonyl (C=O) groups is 1. The number of fused-ring (bicyclic) bond motifs is 1. The van der Waals surface area contributed by atoms with Gasteiger partial charge in [0.15, 0.2) is 11.4 Å². The average molecular weight is 572 g/mol. The van der Waals surface area contributed by atoms with Gasteiger partial charge in [-0.3, -0.25) is 4.79 Å². The topological polar surface area (TPSA) is 90.7 Å². The number of hydrogen-bond donors (Lipinski definition) is 0. The first kappa shape index (κ1) is 27.8. The molecule has 0 radical (unpaired) electrons. The minimum Gasteiger partial charge on any atom is -0.399 e. The SMILES string of the molecule is Cc1ccc(S(=O)(=O)n2cc(-c3ccc(C(=O)C4CN(C)C4)cc3)c3cc(B4OC(C)(C)C(C)(C)O4)cnc32)cc1. The van der Waals surface area contributed by atoms with Crippen LogP contribution in [0.5, 0.6) is 0 Å². The summed E-state index contributed by atoms with van der Waals surface area (Å²) in [6.45, 7) is 11.4.